The third-order valence-corrected chi connectivity index (χ3v) is 2.53. The van der Waals surface area contributed by atoms with E-state index in [4.69, 9.17) is 10.8 Å². The molecule has 1 aromatic rings. The molecule has 1 aromatic carbocycles. The number of rotatable bonds is 6. The SMILES string of the molecule is CC(CO)CNC(N)=NCc1ccc(OC(F)(F)F)cc1.I. The first-order valence-corrected chi connectivity index (χ1v) is 6.29. The second kappa shape index (κ2) is 9.72. The number of aliphatic hydroxyl groups excluding tert-OH is 1. The molecule has 1 unspecified atom stereocenters. The van der Waals surface area contributed by atoms with E-state index >= 15 is 0 Å². The molecule has 22 heavy (non-hydrogen) atoms. The van der Waals surface area contributed by atoms with Crippen LogP contribution in [-0.2, 0) is 6.54 Å². The van der Waals surface area contributed by atoms with Gasteiger partial charge in [0.15, 0.2) is 5.96 Å². The van der Waals surface area contributed by atoms with Crippen molar-refractivity contribution in [2.45, 2.75) is 19.8 Å². The van der Waals surface area contributed by atoms with E-state index in [0.29, 0.717) is 12.1 Å². The van der Waals surface area contributed by atoms with Crippen molar-refractivity contribution in [3.8, 4) is 5.75 Å². The Labute approximate surface area is 143 Å². The minimum absolute atomic E-state index is 0. The molecule has 0 spiro atoms. The molecule has 0 aliphatic rings. The van der Waals surface area contributed by atoms with Gasteiger partial charge in [0.05, 0.1) is 6.54 Å². The standard InChI is InChI=1S/C13H18F3N3O2.HI/c1-9(8-20)6-18-12(17)19-7-10-2-4-11(5-3-10)21-13(14,15)16;/h2-5,9,20H,6-8H2,1H3,(H3,17,18,19);1H. The quantitative estimate of drug-likeness (QED) is 0.365. The van der Waals surface area contributed by atoms with E-state index in [9.17, 15) is 13.2 Å². The zero-order chi connectivity index (χ0) is 15.9. The normalized spacial score (nSPS) is 13.2. The summed E-state index contributed by atoms with van der Waals surface area (Å²) in [6.45, 7) is 2.61. The van der Waals surface area contributed by atoms with Gasteiger partial charge in [-0.3, -0.25) is 0 Å². The first-order chi connectivity index (χ1) is 9.80. The van der Waals surface area contributed by atoms with E-state index in [0.717, 1.165) is 0 Å². The van der Waals surface area contributed by atoms with Gasteiger partial charge in [0.25, 0.3) is 0 Å². The van der Waals surface area contributed by atoms with Gasteiger partial charge in [-0.1, -0.05) is 19.1 Å². The Kier molecular flexibility index (Phi) is 9.18. The van der Waals surface area contributed by atoms with Crippen molar-refractivity contribution in [2.24, 2.45) is 16.6 Å². The fraction of sp³-hybridized carbons (Fsp3) is 0.462. The first kappa shape index (κ1) is 20.8. The highest BCUT2D eigenvalue weighted by molar-refractivity contribution is 14.0. The molecule has 1 atom stereocenters. The van der Waals surface area contributed by atoms with Crippen LogP contribution in [0.2, 0.25) is 0 Å². The van der Waals surface area contributed by atoms with Crippen molar-refractivity contribution in [2.75, 3.05) is 13.2 Å². The zero-order valence-electron chi connectivity index (χ0n) is 11.9. The summed E-state index contributed by atoms with van der Waals surface area (Å²) in [5, 5.41) is 11.7. The number of nitrogens with one attached hydrogen (secondary N) is 1. The Morgan fingerprint density at radius 1 is 1.36 bits per heavy atom. The molecule has 0 aliphatic heterocycles. The zero-order valence-corrected chi connectivity index (χ0v) is 14.3. The summed E-state index contributed by atoms with van der Waals surface area (Å²) in [4.78, 5) is 4.04. The van der Waals surface area contributed by atoms with Gasteiger partial charge in [-0.05, 0) is 23.6 Å². The lowest BCUT2D eigenvalue weighted by Crippen LogP contribution is -2.35. The summed E-state index contributed by atoms with van der Waals surface area (Å²) >= 11 is 0. The number of hydrogen-bond acceptors (Lipinski definition) is 3. The van der Waals surface area contributed by atoms with Crippen molar-refractivity contribution >= 4 is 29.9 Å². The Morgan fingerprint density at radius 2 is 1.95 bits per heavy atom. The van der Waals surface area contributed by atoms with Gasteiger partial charge in [0, 0.05) is 13.2 Å². The smallest absolute Gasteiger partial charge is 0.406 e. The molecule has 0 saturated heterocycles. The Balaban J connectivity index is 0.00000441. The van der Waals surface area contributed by atoms with Crippen LogP contribution in [0.25, 0.3) is 0 Å². The Morgan fingerprint density at radius 3 is 2.45 bits per heavy atom. The molecule has 4 N–H and O–H groups in total. The van der Waals surface area contributed by atoms with Crippen LogP contribution < -0.4 is 15.8 Å². The first-order valence-electron chi connectivity index (χ1n) is 6.29. The highest BCUT2D eigenvalue weighted by Crippen LogP contribution is 2.22. The monoisotopic (exact) mass is 433 g/mol. The van der Waals surface area contributed by atoms with Gasteiger partial charge in [-0.15, -0.1) is 37.1 Å². The summed E-state index contributed by atoms with van der Waals surface area (Å²) in [6, 6.07) is 5.40. The third-order valence-electron chi connectivity index (χ3n) is 2.53. The Bertz CT molecular complexity index is 467. The number of aliphatic imine (C=N–C) groups is 1. The lowest BCUT2D eigenvalue weighted by atomic mass is 10.2. The average Bonchev–Trinajstić information content (AvgIpc) is 2.42. The molecule has 0 radical (unpaired) electrons. The molecule has 0 aliphatic carbocycles. The highest BCUT2D eigenvalue weighted by atomic mass is 127. The van der Waals surface area contributed by atoms with Gasteiger partial charge in [-0.2, -0.15) is 0 Å². The molecule has 5 nitrogen and oxygen atoms in total. The predicted octanol–water partition coefficient (Wildman–Crippen LogP) is 2.24. The maximum Gasteiger partial charge on any atom is 0.573 e. The number of ether oxygens (including phenoxy) is 1. The molecule has 126 valence electrons. The molecular formula is C13H19F3IN3O2. The third kappa shape index (κ3) is 8.93. The number of nitrogens with zero attached hydrogens (tertiary/aromatic N) is 1. The lowest BCUT2D eigenvalue weighted by molar-refractivity contribution is -0.274. The average molecular weight is 433 g/mol. The minimum atomic E-state index is -4.70. The van der Waals surface area contributed by atoms with Gasteiger partial charge < -0.3 is 20.9 Å². The Hall–Kier alpha value is -1.23. The molecule has 0 aromatic heterocycles. The van der Waals surface area contributed by atoms with Crippen LogP contribution in [-0.4, -0.2) is 30.6 Å². The van der Waals surface area contributed by atoms with Gasteiger partial charge >= 0.3 is 6.36 Å². The molecule has 9 heteroatoms. The summed E-state index contributed by atoms with van der Waals surface area (Å²) in [6.07, 6.45) is -4.70. The molecule has 0 fully saturated rings. The maximum absolute atomic E-state index is 12.0. The molecule has 0 bridgehead atoms. The van der Waals surface area contributed by atoms with Crippen LogP contribution >= 0.6 is 24.0 Å². The summed E-state index contributed by atoms with van der Waals surface area (Å²) in [5.41, 5.74) is 6.32. The van der Waals surface area contributed by atoms with E-state index in [1.807, 2.05) is 6.92 Å². The summed E-state index contributed by atoms with van der Waals surface area (Å²) in [7, 11) is 0. The molecule has 1 rings (SSSR count). The van der Waals surface area contributed by atoms with Gasteiger partial charge in [0.2, 0.25) is 0 Å². The van der Waals surface area contributed by atoms with E-state index in [2.05, 4.69) is 15.0 Å². The highest BCUT2D eigenvalue weighted by Gasteiger charge is 2.30. The van der Waals surface area contributed by atoms with Crippen molar-refractivity contribution in [1.29, 1.82) is 0 Å². The number of alkyl halides is 3. The van der Waals surface area contributed by atoms with Crippen LogP contribution in [0.1, 0.15) is 12.5 Å². The molecule has 0 heterocycles. The van der Waals surface area contributed by atoms with Crippen molar-refractivity contribution in [3.63, 3.8) is 0 Å². The fourth-order valence-electron chi connectivity index (χ4n) is 1.37. The molecule has 0 amide bonds. The largest absolute Gasteiger partial charge is 0.573 e. The second-order valence-corrected chi connectivity index (χ2v) is 4.56. The number of nitrogens with two attached hydrogens (primary N) is 1. The van der Waals surface area contributed by atoms with Crippen molar-refractivity contribution in [3.05, 3.63) is 29.8 Å². The number of benzene rings is 1. The second-order valence-electron chi connectivity index (χ2n) is 4.56. The maximum atomic E-state index is 12.0. The number of halogens is 4. The van der Waals surface area contributed by atoms with Crippen LogP contribution in [0.3, 0.4) is 0 Å². The fourth-order valence-corrected chi connectivity index (χ4v) is 1.37. The summed E-state index contributed by atoms with van der Waals surface area (Å²) < 4.78 is 39.7. The topological polar surface area (TPSA) is 79.9 Å². The van der Waals surface area contributed by atoms with E-state index in [1.54, 1.807) is 0 Å². The number of hydrogen-bond donors (Lipinski definition) is 3. The predicted molar refractivity (Wildman–Crippen MR) is 88.1 cm³/mol. The van der Waals surface area contributed by atoms with Crippen LogP contribution in [0.4, 0.5) is 13.2 Å². The van der Waals surface area contributed by atoms with Crippen LogP contribution in [0, 0.1) is 5.92 Å². The van der Waals surface area contributed by atoms with E-state index in [1.165, 1.54) is 24.3 Å². The summed E-state index contributed by atoms with van der Waals surface area (Å²) in [5.74, 6) is -0.0124. The molecular weight excluding hydrogens is 414 g/mol. The van der Waals surface area contributed by atoms with Crippen LogP contribution in [0.5, 0.6) is 5.75 Å². The number of guanidine groups is 1. The number of aliphatic hydroxyl groups is 1. The van der Waals surface area contributed by atoms with Crippen molar-refractivity contribution < 1.29 is 23.0 Å². The van der Waals surface area contributed by atoms with Gasteiger partial charge in [-0.25, -0.2) is 4.99 Å². The van der Waals surface area contributed by atoms with Crippen LogP contribution in [0.15, 0.2) is 29.3 Å². The lowest BCUT2D eigenvalue weighted by Gasteiger charge is -2.10. The van der Waals surface area contributed by atoms with E-state index < -0.39 is 6.36 Å². The molecule has 0 saturated carbocycles. The van der Waals surface area contributed by atoms with Gasteiger partial charge in [0.1, 0.15) is 5.75 Å². The minimum Gasteiger partial charge on any atom is -0.406 e. The van der Waals surface area contributed by atoms with Crippen molar-refractivity contribution in [1.82, 2.24) is 5.32 Å². The van der Waals surface area contributed by atoms with E-state index in [-0.39, 0.29) is 54.8 Å².